The van der Waals surface area contributed by atoms with Crippen molar-refractivity contribution in [1.29, 1.82) is 0 Å². The Kier molecular flexibility index (Phi) is 6.26. The van der Waals surface area contributed by atoms with Gasteiger partial charge >= 0.3 is 0 Å². The number of halogens is 1. The van der Waals surface area contributed by atoms with Crippen LogP contribution in [-0.4, -0.2) is 51.6 Å². The molecule has 0 bridgehead atoms. The highest BCUT2D eigenvalue weighted by Crippen LogP contribution is 2.26. The third-order valence-electron chi connectivity index (χ3n) is 4.49. The van der Waals surface area contributed by atoms with Crippen LogP contribution in [0.1, 0.15) is 11.1 Å². The molecule has 1 heterocycles. The Labute approximate surface area is 171 Å². The van der Waals surface area contributed by atoms with Crippen molar-refractivity contribution in [3.63, 3.8) is 0 Å². The molecule has 0 atom stereocenters. The van der Waals surface area contributed by atoms with Gasteiger partial charge in [0.2, 0.25) is 20.0 Å². The fourth-order valence-electron chi connectivity index (χ4n) is 2.93. The average Bonchev–Trinajstić information content (AvgIpc) is 2.67. The Morgan fingerprint density at radius 2 is 1.50 bits per heavy atom. The number of nitrogens with zero attached hydrogens (tertiary/aromatic N) is 2. The van der Waals surface area contributed by atoms with E-state index in [1.807, 2.05) is 37.3 Å². The Morgan fingerprint density at radius 1 is 0.893 bits per heavy atom. The van der Waals surface area contributed by atoms with E-state index < -0.39 is 20.0 Å². The maximum atomic E-state index is 12.8. The molecule has 1 aliphatic rings. The van der Waals surface area contributed by atoms with Crippen LogP contribution in [0.3, 0.4) is 0 Å². The van der Waals surface area contributed by atoms with E-state index in [0.717, 1.165) is 16.5 Å². The molecule has 3 rings (SSSR count). The maximum absolute atomic E-state index is 12.8. The molecule has 0 unspecified atom stereocenters. The van der Waals surface area contributed by atoms with E-state index in [4.69, 9.17) is 11.6 Å². The first-order chi connectivity index (χ1) is 13.2. The standard InChI is InChI=1S/C19H21ClN2O4S2/c1-16-7-8-19(18(20)15-16)28(25,26)22-12-10-21(11-13-22)27(23,24)14-9-17-5-3-2-4-6-17/h2-9,14-15H,10-13H2,1H3/b14-9+. The van der Waals surface area contributed by atoms with E-state index in [9.17, 15) is 16.8 Å². The Morgan fingerprint density at radius 3 is 2.11 bits per heavy atom. The van der Waals surface area contributed by atoms with Crippen LogP contribution in [-0.2, 0) is 20.0 Å². The van der Waals surface area contributed by atoms with Gasteiger partial charge in [0.1, 0.15) is 4.90 Å². The summed E-state index contributed by atoms with van der Waals surface area (Å²) in [5.74, 6) is 0. The minimum Gasteiger partial charge on any atom is -0.208 e. The summed E-state index contributed by atoms with van der Waals surface area (Å²) >= 11 is 6.11. The van der Waals surface area contributed by atoms with Gasteiger partial charge in [-0.1, -0.05) is 48.0 Å². The highest BCUT2D eigenvalue weighted by Gasteiger charge is 2.33. The van der Waals surface area contributed by atoms with Crippen LogP contribution in [0, 0.1) is 6.92 Å². The monoisotopic (exact) mass is 440 g/mol. The SMILES string of the molecule is Cc1ccc(S(=O)(=O)N2CCN(S(=O)(=O)/C=C/c3ccccc3)CC2)c(Cl)c1. The lowest BCUT2D eigenvalue weighted by Crippen LogP contribution is -2.50. The summed E-state index contributed by atoms with van der Waals surface area (Å²) in [7, 11) is -7.40. The number of aryl methyl sites for hydroxylation is 1. The van der Waals surface area contributed by atoms with Gasteiger partial charge in [-0.05, 0) is 36.3 Å². The van der Waals surface area contributed by atoms with E-state index in [2.05, 4.69) is 0 Å². The minimum atomic E-state index is -3.77. The van der Waals surface area contributed by atoms with Gasteiger partial charge in [-0.3, -0.25) is 0 Å². The Hall–Kier alpha value is -1.71. The predicted octanol–water partition coefficient (Wildman–Crippen LogP) is 2.96. The van der Waals surface area contributed by atoms with Crippen molar-refractivity contribution in [3.05, 3.63) is 70.1 Å². The van der Waals surface area contributed by atoms with Crippen molar-refractivity contribution in [2.24, 2.45) is 0 Å². The van der Waals surface area contributed by atoms with Crippen LogP contribution in [0.2, 0.25) is 5.02 Å². The quantitative estimate of drug-likeness (QED) is 0.716. The molecule has 28 heavy (non-hydrogen) atoms. The zero-order valence-electron chi connectivity index (χ0n) is 15.3. The molecule has 2 aromatic rings. The van der Waals surface area contributed by atoms with Gasteiger partial charge in [-0.25, -0.2) is 16.8 Å². The van der Waals surface area contributed by atoms with Gasteiger partial charge in [0.15, 0.2) is 0 Å². The predicted molar refractivity (Wildman–Crippen MR) is 111 cm³/mol. The third kappa shape index (κ3) is 4.64. The lowest BCUT2D eigenvalue weighted by molar-refractivity contribution is 0.275. The van der Waals surface area contributed by atoms with Crippen LogP contribution in [0.4, 0.5) is 0 Å². The van der Waals surface area contributed by atoms with Crippen molar-refractivity contribution in [2.45, 2.75) is 11.8 Å². The molecular weight excluding hydrogens is 420 g/mol. The highest BCUT2D eigenvalue weighted by molar-refractivity contribution is 7.92. The smallest absolute Gasteiger partial charge is 0.208 e. The van der Waals surface area contributed by atoms with Crippen molar-refractivity contribution >= 4 is 37.7 Å². The lowest BCUT2D eigenvalue weighted by atomic mass is 10.2. The zero-order valence-corrected chi connectivity index (χ0v) is 17.7. The van der Waals surface area contributed by atoms with E-state index in [-0.39, 0.29) is 36.1 Å². The summed E-state index contributed by atoms with van der Waals surface area (Å²) in [6, 6.07) is 13.9. The largest absolute Gasteiger partial charge is 0.244 e. The molecule has 9 heteroatoms. The molecule has 1 aliphatic heterocycles. The number of hydrogen-bond acceptors (Lipinski definition) is 4. The van der Waals surface area contributed by atoms with Crippen LogP contribution >= 0.6 is 11.6 Å². The number of piperazine rings is 1. The second-order valence-corrected chi connectivity index (χ2v) is 10.6. The molecule has 0 N–H and O–H groups in total. The fraction of sp³-hybridized carbons (Fsp3) is 0.263. The molecule has 2 aromatic carbocycles. The minimum absolute atomic E-state index is 0.0417. The highest BCUT2D eigenvalue weighted by atomic mass is 35.5. The van der Waals surface area contributed by atoms with E-state index in [1.165, 1.54) is 20.8 Å². The van der Waals surface area contributed by atoms with Gasteiger partial charge in [0, 0.05) is 31.6 Å². The first-order valence-electron chi connectivity index (χ1n) is 8.70. The number of rotatable bonds is 5. The molecule has 0 saturated carbocycles. The fourth-order valence-corrected chi connectivity index (χ4v) is 6.10. The normalized spacial score (nSPS) is 17.2. The van der Waals surface area contributed by atoms with Crippen LogP contribution in [0.15, 0.2) is 58.8 Å². The van der Waals surface area contributed by atoms with Crippen LogP contribution in [0.25, 0.3) is 6.08 Å². The summed E-state index contributed by atoms with van der Waals surface area (Å²) in [6.45, 7) is 2.15. The van der Waals surface area contributed by atoms with E-state index in [0.29, 0.717) is 0 Å². The van der Waals surface area contributed by atoms with Crippen LogP contribution in [0.5, 0.6) is 0 Å². The van der Waals surface area contributed by atoms with Gasteiger partial charge in [0.25, 0.3) is 0 Å². The van der Waals surface area contributed by atoms with Crippen molar-refractivity contribution in [2.75, 3.05) is 26.2 Å². The van der Waals surface area contributed by atoms with Gasteiger partial charge < -0.3 is 0 Å². The lowest BCUT2D eigenvalue weighted by Gasteiger charge is -2.32. The summed E-state index contributed by atoms with van der Waals surface area (Å²) < 4.78 is 53.3. The molecule has 0 radical (unpaired) electrons. The summed E-state index contributed by atoms with van der Waals surface area (Å²) in [5.41, 5.74) is 1.64. The molecule has 150 valence electrons. The number of hydrogen-bond donors (Lipinski definition) is 0. The zero-order chi connectivity index (χ0) is 20.4. The number of benzene rings is 2. The molecule has 0 aromatic heterocycles. The topological polar surface area (TPSA) is 74.8 Å². The molecule has 6 nitrogen and oxygen atoms in total. The van der Waals surface area contributed by atoms with Gasteiger partial charge in [-0.2, -0.15) is 8.61 Å². The maximum Gasteiger partial charge on any atom is 0.244 e. The summed E-state index contributed by atoms with van der Waals surface area (Å²) in [5, 5.41) is 1.32. The van der Waals surface area contributed by atoms with E-state index >= 15 is 0 Å². The van der Waals surface area contributed by atoms with Crippen LogP contribution < -0.4 is 0 Å². The van der Waals surface area contributed by atoms with Gasteiger partial charge in [0.05, 0.1) is 5.02 Å². The number of sulfonamides is 2. The molecule has 0 spiro atoms. The molecule has 0 aliphatic carbocycles. The first kappa shape index (κ1) is 21.0. The molecule has 1 fully saturated rings. The average molecular weight is 441 g/mol. The Bertz CT molecular complexity index is 1080. The van der Waals surface area contributed by atoms with Crippen molar-refractivity contribution in [3.8, 4) is 0 Å². The van der Waals surface area contributed by atoms with Gasteiger partial charge in [-0.15, -0.1) is 0 Å². The van der Waals surface area contributed by atoms with Crippen molar-refractivity contribution in [1.82, 2.24) is 8.61 Å². The second kappa shape index (κ2) is 8.34. The molecule has 0 amide bonds. The third-order valence-corrected chi connectivity index (χ3v) is 8.44. The second-order valence-electron chi connectivity index (χ2n) is 6.50. The van der Waals surface area contributed by atoms with E-state index in [1.54, 1.807) is 12.1 Å². The summed E-state index contributed by atoms with van der Waals surface area (Å²) in [4.78, 5) is 0.0417. The molecule has 1 saturated heterocycles. The Balaban J connectivity index is 1.70. The van der Waals surface area contributed by atoms with Crippen molar-refractivity contribution < 1.29 is 16.8 Å². The summed E-state index contributed by atoms with van der Waals surface area (Å²) in [6.07, 6.45) is 1.53. The first-order valence-corrected chi connectivity index (χ1v) is 12.0. The molecular formula is C19H21ClN2O4S2.